The molecule has 3 rings (SSSR count). The van der Waals surface area contributed by atoms with Gasteiger partial charge in [-0.3, -0.25) is 0 Å². The Hall–Kier alpha value is -1.15. The summed E-state index contributed by atoms with van der Waals surface area (Å²) in [6.45, 7) is 13.2. The van der Waals surface area contributed by atoms with Gasteiger partial charge in [-0.05, 0) is 30.3 Å². The first-order valence-electron chi connectivity index (χ1n) is 8.87. The monoisotopic (exact) mass is 379 g/mol. The van der Waals surface area contributed by atoms with Crippen LogP contribution in [0.2, 0.25) is 18.1 Å². The average Bonchev–Trinajstić information content (AvgIpc) is 3.15. The standard InChI is InChI=1S/C18H29N3O2SSi/c1-18(2,3)25(4,5)23-11-12(10-19)20-17-21-16-13-8-9-22-14(13)6-7-15(16)24-17/h6-7,12H,8-11,19H2,1-5H3,(H,20,21)/t12-/m0/s1. The van der Waals surface area contributed by atoms with Gasteiger partial charge >= 0.3 is 0 Å². The molecule has 2 aromatic rings. The zero-order chi connectivity index (χ0) is 18.2. The number of hydrogen-bond acceptors (Lipinski definition) is 6. The molecule has 25 heavy (non-hydrogen) atoms. The molecule has 7 heteroatoms. The fourth-order valence-corrected chi connectivity index (χ4v) is 4.62. The van der Waals surface area contributed by atoms with Gasteiger partial charge in [0.15, 0.2) is 13.4 Å². The third kappa shape index (κ3) is 3.84. The van der Waals surface area contributed by atoms with E-state index in [1.165, 1.54) is 10.3 Å². The van der Waals surface area contributed by atoms with Crippen LogP contribution in [0.15, 0.2) is 12.1 Å². The normalized spacial score (nSPS) is 15.9. The Bertz CT molecular complexity index is 755. The predicted octanol–water partition coefficient (Wildman–Crippen LogP) is 3.99. The molecule has 1 aliphatic heterocycles. The van der Waals surface area contributed by atoms with Gasteiger partial charge in [0.25, 0.3) is 0 Å². The molecule has 1 aliphatic rings. The third-order valence-corrected chi connectivity index (χ3v) is 10.7. The summed E-state index contributed by atoms with van der Waals surface area (Å²) in [6, 6.07) is 4.21. The lowest BCUT2D eigenvalue weighted by atomic mass is 10.1. The smallest absolute Gasteiger partial charge is 0.192 e. The molecule has 0 unspecified atom stereocenters. The lowest BCUT2D eigenvalue weighted by Crippen LogP contribution is -2.45. The molecule has 2 heterocycles. The molecular weight excluding hydrogens is 350 g/mol. The van der Waals surface area contributed by atoms with Gasteiger partial charge in [0.2, 0.25) is 0 Å². The van der Waals surface area contributed by atoms with Crippen LogP contribution in [-0.2, 0) is 10.8 Å². The van der Waals surface area contributed by atoms with Gasteiger partial charge < -0.3 is 20.2 Å². The highest BCUT2D eigenvalue weighted by atomic mass is 32.1. The van der Waals surface area contributed by atoms with Gasteiger partial charge in [-0.2, -0.15) is 0 Å². The number of nitrogens with one attached hydrogen (secondary N) is 1. The van der Waals surface area contributed by atoms with Crippen molar-refractivity contribution in [2.45, 2.75) is 51.4 Å². The molecule has 5 nitrogen and oxygen atoms in total. The van der Waals surface area contributed by atoms with Crippen LogP contribution in [0, 0.1) is 0 Å². The highest BCUT2D eigenvalue weighted by Gasteiger charge is 2.37. The van der Waals surface area contributed by atoms with Crippen LogP contribution in [0.25, 0.3) is 10.2 Å². The minimum atomic E-state index is -1.78. The van der Waals surface area contributed by atoms with Crippen molar-refractivity contribution in [2.24, 2.45) is 5.73 Å². The molecule has 138 valence electrons. The maximum atomic E-state index is 6.32. The van der Waals surface area contributed by atoms with Crippen molar-refractivity contribution in [1.29, 1.82) is 0 Å². The molecule has 0 bridgehead atoms. The number of hydrogen-bond donors (Lipinski definition) is 2. The topological polar surface area (TPSA) is 69.4 Å². The van der Waals surface area contributed by atoms with Crippen molar-refractivity contribution in [3.63, 3.8) is 0 Å². The number of thiazole rings is 1. The summed E-state index contributed by atoms with van der Waals surface area (Å²) in [4.78, 5) is 4.79. The number of fused-ring (bicyclic) bond motifs is 3. The van der Waals surface area contributed by atoms with E-state index in [0.29, 0.717) is 13.2 Å². The molecule has 0 aliphatic carbocycles. The molecule has 0 saturated heterocycles. The van der Waals surface area contributed by atoms with E-state index in [-0.39, 0.29) is 11.1 Å². The zero-order valence-electron chi connectivity index (χ0n) is 15.8. The quantitative estimate of drug-likeness (QED) is 0.743. The minimum Gasteiger partial charge on any atom is -0.493 e. The average molecular weight is 380 g/mol. The van der Waals surface area contributed by atoms with Crippen molar-refractivity contribution >= 4 is 35.0 Å². The molecule has 0 saturated carbocycles. The number of aromatic nitrogens is 1. The molecule has 1 atom stereocenters. The molecule has 0 amide bonds. The summed E-state index contributed by atoms with van der Waals surface area (Å²) >= 11 is 1.67. The maximum absolute atomic E-state index is 6.32. The number of nitrogens with zero attached hydrogens (tertiary/aromatic N) is 1. The first-order chi connectivity index (χ1) is 11.7. The van der Waals surface area contributed by atoms with Crippen molar-refractivity contribution in [3.8, 4) is 5.75 Å². The van der Waals surface area contributed by atoms with Crippen LogP contribution in [0.4, 0.5) is 5.13 Å². The molecule has 3 N–H and O–H groups in total. The summed E-state index contributed by atoms with van der Waals surface area (Å²) in [5.74, 6) is 0.973. The Morgan fingerprint density at radius 3 is 2.84 bits per heavy atom. The second kappa shape index (κ2) is 6.87. The molecular formula is C18H29N3O2SSi. The summed E-state index contributed by atoms with van der Waals surface area (Å²) < 4.78 is 13.1. The lowest BCUT2D eigenvalue weighted by Gasteiger charge is -2.37. The van der Waals surface area contributed by atoms with E-state index in [9.17, 15) is 0 Å². The van der Waals surface area contributed by atoms with Gasteiger partial charge in [0, 0.05) is 18.5 Å². The van der Waals surface area contributed by atoms with E-state index >= 15 is 0 Å². The summed E-state index contributed by atoms with van der Waals surface area (Å²) in [5.41, 5.74) is 8.26. The second-order valence-electron chi connectivity index (χ2n) is 8.15. The van der Waals surface area contributed by atoms with Crippen molar-refractivity contribution < 1.29 is 9.16 Å². The summed E-state index contributed by atoms with van der Waals surface area (Å²) in [7, 11) is -1.78. The Morgan fingerprint density at radius 2 is 2.16 bits per heavy atom. The van der Waals surface area contributed by atoms with Crippen molar-refractivity contribution in [3.05, 3.63) is 17.7 Å². The Kier molecular flexibility index (Phi) is 5.12. The van der Waals surface area contributed by atoms with Crippen LogP contribution in [0.3, 0.4) is 0 Å². The Morgan fingerprint density at radius 1 is 1.40 bits per heavy atom. The largest absolute Gasteiger partial charge is 0.493 e. The van der Waals surface area contributed by atoms with E-state index in [1.54, 1.807) is 11.3 Å². The van der Waals surface area contributed by atoms with E-state index in [0.717, 1.165) is 29.4 Å². The zero-order valence-corrected chi connectivity index (χ0v) is 17.6. The minimum absolute atomic E-state index is 0.0685. The fourth-order valence-electron chi connectivity index (χ4n) is 2.60. The van der Waals surface area contributed by atoms with Crippen LogP contribution in [0.1, 0.15) is 26.3 Å². The van der Waals surface area contributed by atoms with Crippen LogP contribution in [-0.4, -0.2) is 39.1 Å². The first-order valence-corrected chi connectivity index (χ1v) is 12.6. The van der Waals surface area contributed by atoms with Crippen LogP contribution >= 0.6 is 11.3 Å². The van der Waals surface area contributed by atoms with Gasteiger partial charge in [-0.15, -0.1) is 0 Å². The first kappa shape index (κ1) is 18.6. The number of anilines is 1. The van der Waals surface area contributed by atoms with Gasteiger partial charge in [0.05, 0.1) is 29.5 Å². The van der Waals surface area contributed by atoms with Crippen molar-refractivity contribution in [1.82, 2.24) is 4.98 Å². The third-order valence-electron chi connectivity index (χ3n) is 5.30. The highest BCUT2D eigenvalue weighted by Crippen LogP contribution is 2.38. The van der Waals surface area contributed by atoms with Gasteiger partial charge in [0.1, 0.15) is 5.75 Å². The van der Waals surface area contributed by atoms with E-state index in [2.05, 4.69) is 45.2 Å². The summed E-state index contributed by atoms with van der Waals surface area (Å²) in [6.07, 6.45) is 0.935. The molecule has 0 fully saturated rings. The summed E-state index contributed by atoms with van der Waals surface area (Å²) in [5, 5.41) is 4.58. The Labute approximate surface area is 155 Å². The number of benzene rings is 1. The van der Waals surface area contributed by atoms with E-state index in [4.69, 9.17) is 19.9 Å². The number of rotatable bonds is 6. The van der Waals surface area contributed by atoms with E-state index < -0.39 is 8.32 Å². The Balaban J connectivity index is 1.71. The van der Waals surface area contributed by atoms with Crippen molar-refractivity contribution in [2.75, 3.05) is 25.1 Å². The van der Waals surface area contributed by atoms with Crippen LogP contribution < -0.4 is 15.8 Å². The SMILES string of the molecule is CC(C)(C)[Si](C)(C)OC[C@H](CN)Nc1nc2c3c(ccc2s1)OCC3. The van der Waals surface area contributed by atoms with E-state index in [1.807, 2.05) is 6.07 Å². The second-order valence-corrected chi connectivity index (χ2v) is 14.0. The number of nitrogens with two attached hydrogens (primary N) is 1. The lowest BCUT2D eigenvalue weighted by molar-refractivity contribution is 0.272. The molecule has 1 aromatic heterocycles. The van der Waals surface area contributed by atoms with Gasteiger partial charge in [-0.1, -0.05) is 32.1 Å². The number of ether oxygens (including phenoxy) is 1. The van der Waals surface area contributed by atoms with Gasteiger partial charge in [-0.25, -0.2) is 4.98 Å². The molecule has 0 spiro atoms. The molecule has 0 radical (unpaired) electrons. The fraction of sp³-hybridized carbons (Fsp3) is 0.611. The van der Waals surface area contributed by atoms with Crippen LogP contribution in [0.5, 0.6) is 5.75 Å². The predicted molar refractivity (Wildman–Crippen MR) is 108 cm³/mol. The maximum Gasteiger partial charge on any atom is 0.192 e. The molecule has 1 aromatic carbocycles. The highest BCUT2D eigenvalue weighted by molar-refractivity contribution is 7.22.